The number of nitrogens with one attached hydrogen (secondary N) is 2. The lowest BCUT2D eigenvalue weighted by Crippen LogP contribution is -2.52. The molecule has 1 heterocycles. The monoisotopic (exact) mass is 284 g/mol. The number of carbonyl (C=O) groups excluding carboxylic acids is 1. The van der Waals surface area contributed by atoms with Gasteiger partial charge in [0.15, 0.2) is 0 Å². The summed E-state index contributed by atoms with van der Waals surface area (Å²) in [6.45, 7) is 3.59. The van der Waals surface area contributed by atoms with Gasteiger partial charge in [0.25, 0.3) is 0 Å². The molecule has 0 radical (unpaired) electrons. The van der Waals surface area contributed by atoms with Crippen LogP contribution in [0, 0.1) is 11.8 Å². The molecule has 6 heteroatoms. The van der Waals surface area contributed by atoms with Gasteiger partial charge < -0.3 is 20.5 Å². The molecule has 0 aromatic heterocycles. The number of carboxylic acids is 1. The third kappa shape index (κ3) is 3.85. The number of aliphatic carboxylic acids is 1. The molecule has 0 spiro atoms. The summed E-state index contributed by atoms with van der Waals surface area (Å²) >= 11 is 0. The third-order valence-corrected chi connectivity index (χ3v) is 4.39. The van der Waals surface area contributed by atoms with Crippen molar-refractivity contribution in [2.45, 2.75) is 44.6 Å². The molecule has 2 fully saturated rings. The summed E-state index contributed by atoms with van der Waals surface area (Å²) in [6.07, 6.45) is 4.41. The molecule has 6 nitrogen and oxygen atoms in total. The van der Waals surface area contributed by atoms with Crippen LogP contribution in [0.25, 0.3) is 0 Å². The van der Waals surface area contributed by atoms with E-state index in [9.17, 15) is 14.7 Å². The van der Waals surface area contributed by atoms with E-state index in [4.69, 9.17) is 4.74 Å². The lowest BCUT2D eigenvalue weighted by molar-refractivity contribution is -0.144. The average molecular weight is 284 g/mol. The summed E-state index contributed by atoms with van der Waals surface area (Å²) in [5.74, 6) is -1.03. The molecule has 1 saturated carbocycles. The Balaban J connectivity index is 1.78. The number of hydrogen-bond donors (Lipinski definition) is 3. The number of carboxylic acid groups (broad SMARTS) is 1. The molecule has 0 aromatic rings. The van der Waals surface area contributed by atoms with Crippen molar-refractivity contribution in [1.82, 2.24) is 10.6 Å². The highest BCUT2D eigenvalue weighted by atomic mass is 16.5. The molecule has 3 atom stereocenters. The minimum atomic E-state index is -0.743. The summed E-state index contributed by atoms with van der Waals surface area (Å²) < 4.78 is 5.28. The Morgan fingerprint density at radius 1 is 1.35 bits per heavy atom. The fourth-order valence-corrected chi connectivity index (χ4v) is 3.08. The van der Waals surface area contributed by atoms with Crippen molar-refractivity contribution >= 4 is 12.0 Å². The van der Waals surface area contributed by atoms with Crippen LogP contribution in [0.2, 0.25) is 0 Å². The number of rotatable bonds is 4. The molecule has 0 bridgehead atoms. The number of urea groups is 1. The average Bonchev–Trinajstić information content (AvgIpc) is 2.83. The van der Waals surface area contributed by atoms with E-state index in [-0.39, 0.29) is 23.4 Å². The van der Waals surface area contributed by atoms with Gasteiger partial charge in [-0.2, -0.15) is 0 Å². The van der Waals surface area contributed by atoms with Gasteiger partial charge in [-0.05, 0) is 32.1 Å². The Morgan fingerprint density at radius 3 is 2.75 bits per heavy atom. The third-order valence-electron chi connectivity index (χ3n) is 4.39. The molecular weight excluding hydrogens is 260 g/mol. The van der Waals surface area contributed by atoms with Crippen LogP contribution in [-0.2, 0) is 9.53 Å². The molecule has 1 saturated heterocycles. The van der Waals surface area contributed by atoms with E-state index >= 15 is 0 Å². The van der Waals surface area contributed by atoms with Gasteiger partial charge in [0.1, 0.15) is 0 Å². The van der Waals surface area contributed by atoms with Gasteiger partial charge >= 0.3 is 12.0 Å². The van der Waals surface area contributed by atoms with Crippen LogP contribution < -0.4 is 10.6 Å². The second kappa shape index (κ2) is 6.43. The van der Waals surface area contributed by atoms with Crippen molar-refractivity contribution < 1.29 is 19.4 Å². The molecule has 20 heavy (non-hydrogen) atoms. The fraction of sp³-hybridized carbons (Fsp3) is 0.857. The van der Waals surface area contributed by atoms with Crippen LogP contribution in [0.5, 0.6) is 0 Å². The summed E-state index contributed by atoms with van der Waals surface area (Å²) in [7, 11) is 0. The van der Waals surface area contributed by atoms with Crippen molar-refractivity contribution in [3.05, 3.63) is 0 Å². The molecular formula is C14H24N2O4. The Kier molecular flexibility index (Phi) is 4.86. The number of carbonyl (C=O) groups is 2. The van der Waals surface area contributed by atoms with Crippen molar-refractivity contribution in [3.8, 4) is 0 Å². The fourth-order valence-electron chi connectivity index (χ4n) is 3.08. The predicted molar refractivity (Wildman–Crippen MR) is 73.5 cm³/mol. The summed E-state index contributed by atoms with van der Waals surface area (Å²) in [4.78, 5) is 23.1. The largest absolute Gasteiger partial charge is 0.481 e. The van der Waals surface area contributed by atoms with E-state index in [0.29, 0.717) is 19.8 Å². The highest BCUT2D eigenvalue weighted by Gasteiger charge is 2.33. The maximum atomic E-state index is 11.9. The molecule has 1 aliphatic carbocycles. The van der Waals surface area contributed by atoms with Crippen LogP contribution in [0.15, 0.2) is 0 Å². The highest BCUT2D eigenvalue weighted by Crippen LogP contribution is 2.29. The zero-order chi connectivity index (χ0) is 14.6. The number of ether oxygens (including phenoxy) is 1. The van der Waals surface area contributed by atoms with Crippen LogP contribution in [-0.4, -0.2) is 42.4 Å². The highest BCUT2D eigenvalue weighted by molar-refractivity contribution is 5.75. The van der Waals surface area contributed by atoms with Crippen LogP contribution >= 0.6 is 0 Å². The Bertz CT molecular complexity index is 366. The minimum Gasteiger partial charge on any atom is -0.481 e. The van der Waals surface area contributed by atoms with E-state index in [1.165, 1.54) is 0 Å². The molecule has 0 aromatic carbocycles. The predicted octanol–water partition coefficient (Wildman–Crippen LogP) is 1.36. The maximum absolute atomic E-state index is 11.9. The van der Waals surface area contributed by atoms with Crippen LogP contribution in [0.4, 0.5) is 4.79 Å². The Morgan fingerprint density at radius 2 is 2.10 bits per heavy atom. The van der Waals surface area contributed by atoms with Crippen molar-refractivity contribution in [1.29, 1.82) is 0 Å². The molecule has 2 aliphatic rings. The molecule has 3 N–H and O–H groups in total. The molecule has 114 valence electrons. The smallest absolute Gasteiger partial charge is 0.315 e. The van der Waals surface area contributed by atoms with Crippen LogP contribution in [0.1, 0.15) is 39.0 Å². The van der Waals surface area contributed by atoms with Gasteiger partial charge in [-0.1, -0.05) is 12.8 Å². The van der Waals surface area contributed by atoms with Gasteiger partial charge in [0.2, 0.25) is 0 Å². The van der Waals surface area contributed by atoms with Crippen molar-refractivity contribution in [2.24, 2.45) is 11.8 Å². The summed E-state index contributed by atoms with van der Waals surface area (Å²) in [5, 5.41) is 14.9. The van der Waals surface area contributed by atoms with Crippen LogP contribution in [0.3, 0.4) is 0 Å². The Labute approximate surface area is 119 Å². The van der Waals surface area contributed by atoms with E-state index in [1.807, 2.05) is 6.92 Å². The molecule has 1 aliphatic heterocycles. The van der Waals surface area contributed by atoms with Gasteiger partial charge in [-0.25, -0.2) is 4.79 Å². The van der Waals surface area contributed by atoms with Gasteiger partial charge in [0.05, 0.1) is 18.1 Å². The number of hydrogen-bond acceptors (Lipinski definition) is 3. The molecule has 2 amide bonds. The zero-order valence-electron chi connectivity index (χ0n) is 12.0. The van der Waals surface area contributed by atoms with Gasteiger partial charge in [-0.15, -0.1) is 0 Å². The van der Waals surface area contributed by atoms with E-state index in [1.54, 1.807) is 0 Å². The topological polar surface area (TPSA) is 87.7 Å². The summed E-state index contributed by atoms with van der Waals surface area (Å²) in [6, 6.07) is -0.229. The standard InChI is InChI=1S/C14H24N2O4/c1-14(6-7-20-9-14)16-13(19)15-8-10-4-2-3-5-11(10)12(17)18/h10-11H,2-9H2,1H3,(H,17,18)(H2,15,16,19). The van der Waals surface area contributed by atoms with Crippen molar-refractivity contribution in [3.63, 3.8) is 0 Å². The lowest BCUT2D eigenvalue weighted by Gasteiger charge is -2.29. The molecule has 2 rings (SSSR count). The number of amides is 2. The SMILES string of the molecule is CC1(NC(=O)NCC2CCCCC2C(=O)O)CCOC1. The second-order valence-corrected chi connectivity index (χ2v) is 6.19. The second-order valence-electron chi connectivity index (χ2n) is 6.19. The van der Waals surface area contributed by atoms with Gasteiger partial charge in [0, 0.05) is 13.2 Å². The Hall–Kier alpha value is -1.30. The molecule has 3 unspecified atom stereocenters. The van der Waals surface area contributed by atoms with E-state index in [0.717, 1.165) is 32.1 Å². The quantitative estimate of drug-likeness (QED) is 0.727. The first kappa shape index (κ1) is 15.1. The minimum absolute atomic E-state index is 0.0413. The lowest BCUT2D eigenvalue weighted by atomic mass is 9.79. The maximum Gasteiger partial charge on any atom is 0.315 e. The van der Waals surface area contributed by atoms with Crippen molar-refractivity contribution in [2.75, 3.05) is 19.8 Å². The van der Waals surface area contributed by atoms with E-state index < -0.39 is 5.97 Å². The normalized spacial score (nSPS) is 33.6. The first-order valence-corrected chi connectivity index (χ1v) is 7.37. The first-order chi connectivity index (χ1) is 9.50. The zero-order valence-corrected chi connectivity index (χ0v) is 12.0. The first-order valence-electron chi connectivity index (χ1n) is 7.37. The van der Waals surface area contributed by atoms with Gasteiger partial charge in [-0.3, -0.25) is 4.79 Å². The van der Waals surface area contributed by atoms with E-state index in [2.05, 4.69) is 10.6 Å². The summed E-state index contributed by atoms with van der Waals surface area (Å²) in [5.41, 5.74) is -0.303.